The molecule has 2 rings (SSSR count). The first-order valence-corrected chi connectivity index (χ1v) is 6.67. The van der Waals surface area contributed by atoms with Gasteiger partial charge in [-0.25, -0.2) is 8.42 Å². The van der Waals surface area contributed by atoms with Crippen LogP contribution in [-0.2, 0) is 14.6 Å². The molecule has 0 aliphatic carbocycles. The van der Waals surface area contributed by atoms with Gasteiger partial charge in [-0.2, -0.15) is 0 Å². The van der Waals surface area contributed by atoms with Crippen molar-refractivity contribution in [2.24, 2.45) is 0 Å². The number of rotatable bonds is 2. The molecule has 82 valence electrons. The van der Waals surface area contributed by atoms with Crippen LogP contribution in [0.3, 0.4) is 0 Å². The van der Waals surface area contributed by atoms with Gasteiger partial charge in [-0.1, -0.05) is 0 Å². The second kappa shape index (κ2) is 3.47. The fraction of sp³-hybridized carbons (Fsp3) is 1.00. The lowest BCUT2D eigenvalue weighted by Gasteiger charge is -2.34. The van der Waals surface area contributed by atoms with Gasteiger partial charge < -0.3 is 4.74 Å². The molecule has 0 amide bonds. The summed E-state index contributed by atoms with van der Waals surface area (Å²) in [5, 5.41) is -0.463. The molecule has 2 aliphatic heterocycles. The van der Waals surface area contributed by atoms with E-state index in [9.17, 15) is 8.42 Å². The Morgan fingerprint density at radius 1 is 1.29 bits per heavy atom. The van der Waals surface area contributed by atoms with Gasteiger partial charge in [0.05, 0.1) is 23.2 Å². The van der Waals surface area contributed by atoms with Crippen LogP contribution >= 0.6 is 0 Å². The summed E-state index contributed by atoms with van der Waals surface area (Å²) in [5.74, 6) is 0. The molecular weight excluding hydrogens is 202 g/mol. The Morgan fingerprint density at radius 3 is 2.21 bits per heavy atom. The van der Waals surface area contributed by atoms with Crippen LogP contribution < -0.4 is 0 Å². The Hall–Kier alpha value is -0.130. The number of nitrogens with zero attached hydrogens (tertiary/aromatic N) is 1. The first-order valence-electron chi connectivity index (χ1n) is 5.07. The van der Waals surface area contributed by atoms with Crippen LogP contribution in [0.5, 0.6) is 0 Å². The fourth-order valence-corrected chi connectivity index (χ4v) is 3.65. The maximum Gasteiger partial charge on any atom is 0.157 e. The second-order valence-electron chi connectivity index (χ2n) is 4.38. The summed E-state index contributed by atoms with van der Waals surface area (Å²) in [5.41, 5.74) is 0. The third kappa shape index (κ3) is 1.94. The molecule has 0 aromatic rings. The molecule has 3 atom stereocenters. The van der Waals surface area contributed by atoms with Crippen molar-refractivity contribution in [2.75, 3.05) is 26.2 Å². The first-order chi connectivity index (χ1) is 6.50. The van der Waals surface area contributed by atoms with Gasteiger partial charge in [0.15, 0.2) is 9.84 Å². The Balaban J connectivity index is 1.99. The molecule has 0 saturated carbocycles. The summed E-state index contributed by atoms with van der Waals surface area (Å²) in [6, 6.07) is 0. The van der Waals surface area contributed by atoms with Crippen LogP contribution in [0.2, 0.25) is 0 Å². The van der Waals surface area contributed by atoms with E-state index in [1.807, 2.05) is 0 Å². The van der Waals surface area contributed by atoms with Crippen molar-refractivity contribution in [3.63, 3.8) is 0 Å². The number of epoxide rings is 1. The lowest BCUT2D eigenvalue weighted by molar-refractivity contribution is 0.232. The molecule has 0 radical (unpaired) electrons. The van der Waals surface area contributed by atoms with Crippen molar-refractivity contribution in [2.45, 2.75) is 30.5 Å². The average Bonchev–Trinajstić information content (AvgIpc) is 2.85. The van der Waals surface area contributed by atoms with Crippen LogP contribution in [0, 0.1) is 0 Å². The molecule has 2 saturated heterocycles. The van der Waals surface area contributed by atoms with Crippen molar-refractivity contribution in [3.05, 3.63) is 0 Å². The summed E-state index contributed by atoms with van der Waals surface area (Å²) in [6.07, 6.45) is 0.357. The smallest absolute Gasteiger partial charge is 0.157 e. The van der Waals surface area contributed by atoms with Gasteiger partial charge in [0.1, 0.15) is 0 Å². The maximum atomic E-state index is 11.7. The van der Waals surface area contributed by atoms with E-state index >= 15 is 0 Å². The fourth-order valence-electron chi connectivity index (χ4n) is 2.02. The van der Waals surface area contributed by atoms with E-state index in [4.69, 9.17) is 4.74 Å². The predicted octanol–water partition coefficient (Wildman–Crippen LogP) is -0.107. The summed E-state index contributed by atoms with van der Waals surface area (Å²) in [7, 11) is -2.87. The topological polar surface area (TPSA) is 49.9 Å². The van der Waals surface area contributed by atoms with Crippen molar-refractivity contribution in [3.8, 4) is 0 Å². The molecule has 2 aliphatic rings. The SMILES string of the molecule is CC1CN(C[C@@H]2CO2)CC(C)S1(=O)=O. The van der Waals surface area contributed by atoms with Crippen molar-refractivity contribution in [1.29, 1.82) is 0 Å². The molecule has 0 aromatic carbocycles. The van der Waals surface area contributed by atoms with Crippen LogP contribution in [0.25, 0.3) is 0 Å². The molecule has 4 nitrogen and oxygen atoms in total. The van der Waals surface area contributed by atoms with Gasteiger partial charge in [0, 0.05) is 19.6 Å². The normalized spacial score (nSPS) is 42.3. The summed E-state index contributed by atoms with van der Waals surface area (Å²) >= 11 is 0. The first kappa shape index (κ1) is 10.4. The van der Waals surface area contributed by atoms with Gasteiger partial charge in [-0.05, 0) is 13.8 Å². The Labute approximate surface area is 85.1 Å². The third-order valence-corrected chi connectivity index (χ3v) is 5.56. The molecule has 0 spiro atoms. The number of hydrogen-bond acceptors (Lipinski definition) is 4. The quantitative estimate of drug-likeness (QED) is 0.608. The van der Waals surface area contributed by atoms with Crippen molar-refractivity contribution >= 4 is 9.84 Å². The molecule has 0 aromatic heterocycles. The van der Waals surface area contributed by atoms with Gasteiger partial charge in [-0.15, -0.1) is 0 Å². The van der Waals surface area contributed by atoms with E-state index in [2.05, 4.69) is 4.90 Å². The monoisotopic (exact) mass is 219 g/mol. The van der Waals surface area contributed by atoms with Crippen LogP contribution in [0.1, 0.15) is 13.8 Å². The Kier molecular flexibility index (Phi) is 2.57. The van der Waals surface area contributed by atoms with Gasteiger partial charge >= 0.3 is 0 Å². The minimum atomic E-state index is -2.87. The summed E-state index contributed by atoms with van der Waals surface area (Å²) in [4.78, 5) is 2.20. The highest BCUT2D eigenvalue weighted by Gasteiger charge is 2.37. The third-order valence-electron chi connectivity index (χ3n) is 3.02. The van der Waals surface area contributed by atoms with E-state index in [1.54, 1.807) is 13.8 Å². The molecule has 5 heteroatoms. The van der Waals surface area contributed by atoms with E-state index in [-0.39, 0.29) is 10.5 Å². The number of ether oxygens (including phenoxy) is 1. The van der Waals surface area contributed by atoms with E-state index in [0.29, 0.717) is 19.2 Å². The molecule has 14 heavy (non-hydrogen) atoms. The molecular formula is C9H17NO3S. The van der Waals surface area contributed by atoms with Crippen LogP contribution in [0.15, 0.2) is 0 Å². The number of hydrogen-bond donors (Lipinski definition) is 0. The highest BCUT2D eigenvalue weighted by Crippen LogP contribution is 2.20. The van der Waals surface area contributed by atoms with Gasteiger partial charge in [-0.3, -0.25) is 4.90 Å². The predicted molar refractivity (Wildman–Crippen MR) is 54.0 cm³/mol. The maximum absolute atomic E-state index is 11.7. The molecule has 2 unspecified atom stereocenters. The van der Waals surface area contributed by atoms with Crippen molar-refractivity contribution in [1.82, 2.24) is 4.90 Å². The standard InChI is InChI=1S/C9H17NO3S/c1-7-3-10(5-9-6-13-9)4-8(2)14(7,11)12/h7-9H,3-6H2,1-2H3/t7?,8?,9-/m1/s1. The molecule has 0 N–H and O–H groups in total. The van der Waals surface area contributed by atoms with Crippen molar-refractivity contribution < 1.29 is 13.2 Å². The van der Waals surface area contributed by atoms with E-state index in [1.165, 1.54) is 0 Å². The average molecular weight is 219 g/mol. The van der Waals surface area contributed by atoms with Crippen LogP contribution in [-0.4, -0.2) is 56.2 Å². The van der Waals surface area contributed by atoms with Crippen LogP contribution in [0.4, 0.5) is 0 Å². The molecule has 2 heterocycles. The van der Waals surface area contributed by atoms with Gasteiger partial charge in [0.2, 0.25) is 0 Å². The van der Waals surface area contributed by atoms with E-state index < -0.39 is 9.84 Å². The summed E-state index contributed by atoms with van der Waals surface area (Å²) < 4.78 is 28.5. The minimum Gasteiger partial charge on any atom is -0.372 e. The Bertz CT molecular complexity index is 292. The summed E-state index contributed by atoms with van der Waals surface area (Å²) in [6.45, 7) is 6.65. The zero-order valence-corrected chi connectivity index (χ0v) is 9.46. The zero-order chi connectivity index (χ0) is 10.3. The molecule has 2 fully saturated rings. The molecule has 0 bridgehead atoms. The zero-order valence-electron chi connectivity index (χ0n) is 8.64. The highest BCUT2D eigenvalue weighted by molar-refractivity contribution is 7.92. The van der Waals surface area contributed by atoms with Gasteiger partial charge in [0.25, 0.3) is 0 Å². The minimum absolute atomic E-state index is 0.231. The highest BCUT2D eigenvalue weighted by atomic mass is 32.2. The largest absolute Gasteiger partial charge is 0.372 e. The Morgan fingerprint density at radius 2 is 1.79 bits per heavy atom. The lowest BCUT2D eigenvalue weighted by Crippen LogP contribution is -2.51. The number of sulfone groups is 1. The second-order valence-corrected chi connectivity index (χ2v) is 7.17. The van der Waals surface area contributed by atoms with E-state index in [0.717, 1.165) is 13.2 Å². The lowest BCUT2D eigenvalue weighted by atomic mass is 10.3.